The number of hydrogen-bond acceptors (Lipinski definition) is 13. The SMILES string of the molecule is CC[C@H](C)[C@H](N)C(=O)N[C@@H](CO)C(=O)N[C@@H](CO)C(=O)NCC(=O)N[C@@H](CO)C(=O)N[C@@H](CO)C(=O)N[C@H](C(=O)O)[C@@H](C)O. The Morgan fingerprint density at radius 1 is 0.636 bits per heavy atom. The maximum atomic E-state index is 12.5. The molecule has 0 aliphatic rings. The molecular weight excluding hydrogens is 594 g/mol. The molecule has 0 unspecified atom stereocenters. The largest absolute Gasteiger partial charge is 0.480 e. The van der Waals surface area contributed by atoms with Crippen LogP contribution in [0.2, 0.25) is 0 Å². The van der Waals surface area contributed by atoms with E-state index < -0.39 is 117 Å². The summed E-state index contributed by atoms with van der Waals surface area (Å²) in [5.74, 6) is -8.11. The number of aliphatic hydroxyl groups excluding tert-OH is 5. The van der Waals surface area contributed by atoms with E-state index in [1.807, 2.05) is 16.0 Å². The van der Waals surface area contributed by atoms with Crippen molar-refractivity contribution in [3.63, 3.8) is 0 Å². The molecular formula is C24H43N7O13. The Labute approximate surface area is 252 Å². The second-order valence-electron chi connectivity index (χ2n) is 9.73. The monoisotopic (exact) mass is 637 g/mol. The number of amides is 6. The van der Waals surface area contributed by atoms with Crippen LogP contribution in [0.1, 0.15) is 27.2 Å². The number of rotatable bonds is 20. The number of nitrogens with one attached hydrogen (secondary N) is 6. The minimum absolute atomic E-state index is 0.237. The highest BCUT2D eigenvalue weighted by Crippen LogP contribution is 2.05. The molecule has 252 valence electrons. The molecule has 0 aromatic heterocycles. The summed E-state index contributed by atoms with van der Waals surface area (Å²) >= 11 is 0. The van der Waals surface area contributed by atoms with E-state index in [0.717, 1.165) is 6.92 Å². The molecule has 20 heteroatoms. The average Bonchev–Trinajstić information content (AvgIpc) is 2.99. The Morgan fingerprint density at radius 3 is 1.41 bits per heavy atom. The maximum Gasteiger partial charge on any atom is 0.328 e. The fourth-order valence-electron chi connectivity index (χ4n) is 3.28. The summed E-state index contributed by atoms with van der Waals surface area (Å²) in [6.45, 7) is -0.107. The van der Waals surface area contributed by atoms with Crippen LogP contribution in [0.4, 0.5) is 0 Å². The molecule has 0 bridgehead atoms. The summed E-state index contributed by atoms with van der Waals surface area (Å²) < 4.78 is 0. The van der Waals surface area contributed by atoms with Gasteiger partial charge in [-0.25, -0.2) is 4.79 Å². The Kier molecular flexibility index (Phi) is 18.3. The second kappa shape index (κ2) is 20.1. The predicted molar refractivity (Wildman–Crippen MR) is 148 cm³/mol. The number of carbonyl (C=O) groups excluding carboxylic acids is 6. The van der Waals surface area contributed by atoms with E-state index in [2.05, 4.69) is 16.0 Å². The van der Waals surface area contributed by atoms with E-state index in [-0.39, 0.29) is 5.92 Å². The number of carboxylic acid groups (broad SMARTS) is 1. The lowest BCUT2D eigenvalue weighted by Crippen LogP contribution is -2.60. The van der Waals surface area contributed by atoms with E-state index in [0.29, 0.717) is 6.42 Å². The van der Waals surface area contributed by atoms with Crippen LogP contribution < -0.4 is 37.6 Å². The molecule has 0 heterocycles. The second-order valence-corrected chi connectivity index (χ2v) is 9.73. The highest BCUT2D eigenvalue weighted by atomic mass is 16.4. The summed E-state index contributed by atoms with van der Waals surface area (Å²) in [7, 11) is 0. The molecule has 0 aliphatic heterocycles. The molecule has 0 aliphatic carbocycles. The Bertz CT molecular complexity index is 1010. The van der Waals surface area contributed by atoms with Gasteiger partial charge in [0, 0.05) is 0 Å². The molecule has 8 atom stereocenters. The summed E-state index contributed by atoms with van der Waals surface area (Å²) in [5, 5.41) is 68.8. The van der Waals surface area contributed by atoms with Crippen molar-refractivity contribution >= 4 is 41.4 Å². The van der Waals surface area contributed by atoms with Crippen molar-refractivity contribution in [2.45, 2.75) is 69.5 Å². The van der Waals surface area contributed by atoms with Gasteiger partial charge in [-0.1, -0.05) is 20.3 Å². The van der Waals surface area contributed by atoms with Gasteiger partial charge in [-0.2, -0.15) is 0 Å². The van der Waals surface area contributed by atoms with Crippen LogP contribution >= 0.6 is 0 Å². The minimum atomic E-state index is -1.76. The van der Waals surface area contributed by atoms with Gasteiger partial charge in [-0.3, -0.25) is 28.8 Å². The first-order chi connectivity index (χ1) is 20.6. The lowest BCUT2D eigenvalue weighted by molar-refractivity contribution is -0.145. The van der Waals surface area contributed by atoms with Crippen molar-refractivity contribution < 1.29 is 64.2 Å². The summed E-state index contributed by atoms with van der Waals surface area (Å²) in [5.41, 5.74) is 5.80. The van der Waals surface area contributed by atoms with Crippen LogP contribution in [0.3, 0.4) is 0 Å². The number of aliphatic hydroxyl groups is 5. The Balaban J connectivity index is 5.10. The number of hydrogen-bond donors (Lipinski definition) is 13. The number of carbonyl (C=O) groups is 7. The first-order valence-electron chi connectivity index (χ1n) is 13.5. The minimum Gasteiger partial charge on any atom is -0.480 e. The van der Waals surface area contributed by atoms with Crippen LogP contribution in [-0.2, 0) is 33.6 Å². The van der Waals surface area contributed by atoms with Crippen LogP contribution in [0, 0.1) is 5.92 Å². The van der Waals surface area contributed by atoms with Crippen LogP contribution in [0.15, 0.2) is 0 Å². The number of aliphatic carboxylic acids is 1. The molecule has 0 fully saturated rings. The standard InChI is InChI=1S/C24H43N7O13/c1-4-10(2)17(25)23(42)30-14(8-34)21(40)28-12(6-32)19(38)26-5-16(37)27-13(7-33)20(39)29-15(9-35)22(41)31-18(11(3)36)24(43)44/h10-15,17-18,32-36H,4-9,25H2,1-3H3,(H,26,38)(H,27,37)(H,28,40)(H,29,39)(H,30,42)(H,31,41)(H,43,44)/t10-,11+,12-,13-,14-,15-,17-,18-/m0/s1. The van der Waals surface area contributed by atoms with Crippen LogP contribution in [-0.4, -0.2) is 147 Å². The van der Waals surface area contributed by atoms with Gasteiger partial charge in [0.25, 0.3) is 0 Å². The Morgan fingerprint density at radius 2 is 1.02 bits per heavy atom. The van der Waals surface area contributed by atoms with E-state index in [1.165, 1.54) is 0 Å². The van der Waals surface area contributed by atoms with Crippen LogP contribution in [0.5, 0.6) is 0 Å². The molecule has 44 heavy (non-hydrogen) atoms. The molecule has 14 N–H and O–H groups in total. The Hall–Kier alpha value is -3.95. The molecule has 6 amide bonds. The summed E-state index contributed by atoms with van der Waals surface area (Å²) in [4.78, 5) is 85.2. The quantitative estimate of drug-likeness (QED) is 0.0590. The lowest BCUT2D eigenvalue weighted by Gasteiger charge is -2.24. The molecule has 0 rings (SSSR count). The van der Waals surface area contributed by atoms with Crippen molar-refractivity contribution in [3.05, 3.63) is 0 Å². The molecule has 0 aromatic carbocycles. The first-order valence-corrected chi connectivity index (χ1v) is 13.5. The van der Waals surface area contributed by atoms with E-state index in [1.54, 1.807) is 13.8 Å². The molecule has 0 radical (unpaired) electrons. The van der Waals surface area contributed by atoms with Gasteiger partial charge in [0.1, 0.15) is 24.2 Å². The zero-order chi connectivity index (χ0) is 34.1. The fraction of sp³-hybridized carbons (Fsp3) is 0.708. The van der Waals surface area contributed by atoms with Gasteiger partial charge in [0.2, 0.25) is 35.4 Å². The number of carboxylic acids is 1. The van der Waals surface area contributed by atoms with E-state index >= 15 is 0 Å². The van der Waals surface area contributed by atoms with Crippen molar-refractivity contribution in [1.82, 2.24) is 31.9 Å². The zero-order valence-electron chi connectivity index (χ0n) is 24.5. The van der Waals surface area contributed by atoms with E-state index in [9.17, 15) is 59.1 Å². The van der Waals surface area contributed by atoms with E-state index in [4.69, 9.17) is 10.8 Å². The average molecular weight is 638 g/mol. The molecule has 0 saturated heterocycles. The fourth-order valence-corrected chi connectivity index (χ4v) is 3.28. The van der Waals surface area contributed by atoms with Gasteiger partial charge < -0.3 is 68.3 Å². The molecule has 20 nitrogen and oxygen atoms in total. The van der Waals surface area contributed by atoms with Gasteiger partial charge in [-0.15, -0.1) is 0 Å². The molecule has 0 saturated carbocycles. The van der Waals surface area contributed by atoms with Gasteiger partial charge in [-0.05, 0) is 12.8 Å². The van der Waals surface area contributed by atoms with Crippen molar-refractivity contribution in [1.29, 1.82) is 0 Å². The molecule has 0 spiro atoms. The molecule has 0 aromatic rings. The smallest absolute Gasteiger partial charge is 0.328 e. The first kappa shape index (κ1) is 40.1. The normalized spacial score (nSPS) is 16.4. The van der Waals surface area contributed by atoms with Crippen molar-refractivity contribution in [2.24, 2.45) is 11.7 Å². The summed E-state index contributed by atoms with van der Waals surface area (Å²) in [6, 6.07) is -9.34. The summed E-state index contributed by atoms with van der Waals surface area (Å²) in [6.07, 6.45) is -0.963. The van der Waals surface area contributed by atoms with Gasteiger partial charge in [0.15, 0.2) is 6.04 Å². The topological polar surface area (TPSA) is 339 Å². The third-order valence-corrected chi connectivity index (χ3v) is 6.31. The third kappa shape index (κ3) is 13.1. The highest BCUT2D eigenvalue weighted by Gasteiger charge is 2.32. The third-order valence-electron chi connectivity index (χ3n) is 6.31. The van der Waals surface area contributed by atoms with Crippen LogP contribution in [0.25, 0.3) is 0 Å². The number of nitrogens with two attached hydrogens (primary N) is 1. The van der Waals surface area contributed by atoms with Crippen molar-refractivity contribution in [3.8, 4) is 0 Å². The maximum absolute atomic E-state index is 12.5. The lowest BCUT2D eigenvalue weighted by atomic mass is 9.99. The van der Waals surface area contributed by atoms with Gasteiger partial charge in [0.05, 0.1) is 45.1 Å². The van der Waals surface area contributed by atoms with Gasteiger partial charge >= 0.3 is 5.97 Å². The zero-order valence-corrected chi connectivity index (χ0v) is 24.5. The highest BCUT2D eigenvalue weighted by molar-refractivity contribution is 5.96. The van der Waals surface area contributed by atoms with Crippen molar-refractivity contribution in [2.75, 3.05) is 33.0 Å². The predicted octanol–water partition coefficient (Wildman–Crippen LogP) is -7.67.